The first-order valence-electron chi connectivity index (χ1n) is 5.99. The number of aliphatic hydroxyl groups is 1. The second-order valence-corrected chi connectivity index (χ2v) is 5.86. The Hall–Kier alpha value is -0.570. The van der Waals surface area contributed by atoms with Gasteiger partial charge in [-0.2, -0.15) is 0 Å². The molecule has 15 heavy (non-hydrogen) atoms. The van der Waals surface area contributed by atoms with Crippen molar-refractivity contribution in [3.05, 3.63) is 0 Å². The van der Waals surface area contributed by atoms with Gasteiger partial charge in [0.15, 0.2) is 0 Å². The normalized spacial score (nSPS) is 49.0. The smallest absolute Gasteiger partial charge is 0.295 e. The van der Waals surface area contributed by atoms with E-state index in [1.54, 1.807) is 0 Å². The fraction of sp³-hybridized carbons (Fsp3) is 0.917. The first-order valence-corrected chi connectivity index (χ1v) is 5.99. The van der Waals surface area contributed by atoms with E-state index in [0.717, 1.165) is 37.0 Å². The number of ether oxygens (including phenoxy) is 1. The molecular formula is C12H18O3. The summed E-state index contributed by atoms with van der Waals surface area (Å²) in [7, 11) is 0. The van der Waals surface area contributed by atoms with E-state index in [0.29, 0.717) is 6.47 Å². The van der Waals surface area contributed by atoms with Gasteiger partial charge in [0.1, 0.15) is 0 Å². The third kappa shape index (κ3) is 1.40. The van der Waals surface area contributed by atoms with Crippen molar-refractivity contribution < 1.29 is 14.6 Å². The Morgan fingerprint density at radius 3 is 2.00 bits per heavy atom. The van der Waals surface area contributed by atoms with E-state index in [4.69, 9.17) is 4.74 Å². The van der Waals surface area contributed by atoms with Gasteiger partial charge in [0, 0.05) is 5.41 Å². The minimum absolute atomic E-state index is 0.0876. The molecule has 1 N–H and O–H groups in total. The molecule has 0 radical (unpaired) electrons. The van der Waals surface area contributed by atoms with Crippen molar-refractivity contribution in [1.29, 1.82) is 0 Å². The monoisotopic (exact) mass is 210 g/mol. The molecule has 0 aromatic rings. The van der Waals surface area contributed by atoms with Gasteiger partial charge in [0.2, 0.25) is 6.29 Å². The number of carbonyl (C=O) groups excluding carboxylic acids is 1. The maximum absolute atomic E-state index is 10.3. The van der Waals surface area contributed by atoms with Gasteiger partial charge in [-0.25, -0.2) is 0 Å². The Morgan fingerprint density at radius 1 is 1.13 bits per heavy atom. The van der Waals surface area contributed by atoms with Crippen molar-refractivity contribution in [2.45, 2.75) is 44.8 Å². The van der Waals surface area contributed by atoms with Crippen LogP contribution in [0, 0.1) is 23.2 Å². The van der Waals surface area contributed by atoms with Crippen molar-refractivity contribution in [2.24, 2.45) is 23.2 Å². The molecule has 0 amide bonds. The summed E-state index contributed by atoms with van der Waals surface area (Å²) in [5.41, 5.74) is -0.0876. The molecule has 4 aliphatic carbocycles. The van der Waals surface area contributed by atoms with E-state index >= 15 is 0 Å². The van der Waals surface area contributed by atoms with Crippen LogP contribution in [-0.4, -0.2) is 17.9 Å². The predicted octanol–water partition coefficient (Wildman–Crippen LogP) is 1.69. The number of hydrogen-bond acceptors (Lipinski definition) is 3. The van der Waals surface area contributed by atoms with Gasteiger partial charge in [-0.1, -0.05) is 0 Å². The van der Waals surface area contributed by atoms with Crippen LogP contribution in [0.15, 0.2) is 0 Å². The Balaban J connectivity index is 1.83. The third-order valence-electron chi connectivity index (χ3n) is 4.79. The van der Waals surface area contributed by atoms with Crippen LogP contribution in [0.4, 0.5) is 0 Å². The molecular weight excluding hydrogens is 192 g/mol. The quantitative estimate of drug-likeness (QED) is 0.569. The molecule has 0 heterocycles. The zero-order chi connectivity index (χ0) is 10.5. The lowest BCUT2D eigenvalue weighted by Gasteiger charge is -2.57. The summed E-state index contributed by atoms with van der Waals surface area (Å²) in [6.45, 7) is 0.392. The van der Waals surface area contributed by atoms with Crippen LogP contribution in [0.25, 0.3) is 0 Å². The topological polar surface area (TPSA) is 46.5 Å². The molecule has 3 heteroatoms. The summed E-state index contributed by atoms with van der Waals surface area (Å²) in [6, 6.07) is 0. The lowest BCUT2D eigenvalue weighted by molar-refractivity contribution is -0.217. The molecule has 4 rings (SSSR count). The zero-order valence-electron chi connectivity index (χ0n) is 8.89. The number of aliphatic hydroxyl groups excluding tert-OH is 1. The molecule has 4 saturated carbocycles. The number of rotatable bonds is 3. The van der Waals surface area contributed by atoms with E-state index < -0.39 is 6.29 Å². The summed E-state index contributed by atoms with van der Waals surface area (Å²) in [5.74, 6) is 2.34. The van der Waals surface area contributed by atoms with Crippen molar-refractivity contribution in [1.82, 2.24) is 0 Å². The highest BCUT2D eigenvalue weighted by molar-refractivity contribution is 5.37. The number of carbonyl (C=O) groups is 1. The van der Waals surface area contributed by atoms with Gasteiger partial charge in [0.25, 0.3) is 6.47 Å². The molecule has 4 aliphatic rings. The second-order valence-electron chi connectivity index (χ2n) is 5.86. The van der Waals surface area contributed by atoms with E-state index in [1.807, 2.05) is 0 Å². The second kappa shape index (κ2) is 3.21. The highest BCUT2D eigenvalue weighted by atomic mass is 16.6. The minimum atomic E-state index is -0.858. The van der Waals surface area contributed by atoms with E-state index in [1.165, 1.54) is 19.3 Å². The van der Waals surface area contributed by atoms with Gasteiger partial charge in [-0.15, -0.1) is 0 Å². The molecule has 0 spiro atoms. The molecule has 4 fully saturated rings. The lowest BCUT2D eigenvalue weighted by atomic mass is 9.49. The summed E-state index contributed by atoms with van der Waals surface area (Å²) in [6.07, 6.45) is 6.35. The van der Waals surface area contributed by atoms with Gasteiger partial charge >= 0.3 is 0 Å². The van der Waals surface area contributed by atoms with Crippen LogP contribution in [0.2, 0.25) is 0 Å². The van der Waals surface area contributed by atoms with Crippen LogP contribution in [0.1, 0.15) is 38.5 Å². The third-order valence-corrected chi connectivity index (χ3v) is 4.79. The molecule has 0 aromatic carbocycles. The van der Waals surface area contributed by atoms with E-state index in [-0.39, 0.29) is 5.41 Å². The number of hydrogen-bond donors (Lipinski definition) is 1. The van der Waals surface area contributed by atoms with Gasteiger partial charge in [-0.05, 0) is 56.3 Å². The molecule has 1 unspecified atom stereocenters. The average molecular weight is 210 g/mol. The summed E-state index contributed by atoms with van der Waals surface area (Å²) in [5, 5.41) is 9.96. The van der Waals surface area contributed by atoms with E-state index in [2.05, 4.69) is 0 Å². The molecule has 4 bridgehead atoms. The van der Waals surface area contributed by atoms with E-state index in [9.17, 15) is 9.90 Å². The molecule has 1 atom stereocenters. The van der Waals surface area contributed by atoms with Crippen LogP contribution < -0.4 is 0 Å². The first-order chi connectivity index (χ1) is 7.22. The predicted molar refractivity (Wildman–Crippen MR) is 53.8 cm³/mol. The summed E-state index contributed by atoms with van der Waals surface area (Å²) >= 11 is 0. The fourth-order valence-electron chi connectivity index (χ4n) is 4.68. The Bertz CT molecular complexity index is 239. The van der Waals surface area contributed by atoms with Crippen LogP contribution in [0.3, 0.4) is 0 Å². The van der Waals surface area contributed by atoms with Crippen molar-refractivity contribution in [2.75, 3.05) is 0 Å². The van der Waals surface area contributed by atoms with Crippen LogP contribution in [0.5, 0.6) is 0 Å². The van der Waals surface area contributed by atoms with Crippen molar-refractivity contribution >= 4 is 6.47 Å². The standard InChI is InChI=1S/C12H18O3/c13-7-15-11(14)12-4-8-1-9(5-12)3-10(2-8)6-12/h7-11,14H,1-6H2. The zero-order valence-corrected chi connectivity index (χ0v) is 8.89. The molecule has 0 saturated heterocycles. The molecule has 3 nitrogen and oxygen atoms in total. The summed E-state index contributed by atoms with van der Waals surface area (Å²) < 4.78 is 4.80. The van der Waals surface area contributed by atoms with Gasteiger partial charge in [-0.3, -0.25) is 4.79 Å². The van der Waals surface area contributed by atoms with Crippen molar-refractivity contribution in [3.8, 4) is 0 Å². The maximum atomic E-state index is 10.3. The average Bonchev–Trinajstić information content (AvgIpc) is 2.15. The highest BCUT2D eigenvalue weighted by Gasteiger charge is 2.55. The van der Waals surface area contributed by atoms with Gasteiger partial charge in [0.05, 0.1) is 0 Å². The lowest BCUT2D eigenvalue weighted by Crippen LogP contribution is -2.52. The maximum Gasteiger partial charge on any atom is 0.295 e. The summed E-state index contributed by atoms with van der Waals surface area (Å²) in [4.78, 5) is 10.3. The SMILES string of the molecule is O=COC(O)C12CC3CC(CC(C3)C1)C2. The van der Waals surface area contributed by atoms with Crippen molar-refractivity contribution in [3.63, 3.8) is 0 Å². The highest BCUT2D eigenvalue weighted by Crippen LogP contribution is 2.61. The Labute approximate surface area is 89.8 Å². The molecule has 0 aliphatic heterocycles. The molecule has 0 aromatic heterocycles. The Kier molecular flexibility index (Phi) is 2.06. The molecule has 84 valence electrons. The minimum Gasteiger partial charge on any atom is -0.438 e. The Morgan fingerprint density at radius 2 is 1.60 bits per heavy atom. The first kappa shape index (κ1) is 9.64. The van der Waals surface area contributed by atoms with Crippen LogP contribution >= 0.6 is 0 Å². The van der Waals surface area contributed by atoms with Gasteiger partial charge < -0.3 is 9.84 Å². The van der Waals surface area contributed by atoms with Crippen LogP contribution in [-0.2, 0) is 9.53 Å². The fourth-order valence-corrected chi connectivity index (χ4v) is 4.68. The largest absolute Gasteiger partial charge is 0.438 e.